The van der Waals surface area contributed by atoms with E-state index in [9.17, 15) is 14.7 Å². The molecule has 0 spiro atoms. The first-order valence-electron chi connectivity index (χ1n) is 7.46. The first kappa shape index (κ1) is 18.2. The maximum Gasteiger partial charge on any atom is 0.313 e. The van der Waals surface area contributed by atoms with E-state index in [2.05, 4.69) is 10.6 Å². The Hall–Kier alpha value is -1.88. The molecule has 1 unspecified atom stereocenters. The number of aliphatic hydroxyl groups excluding tert-OH is 1. The fourth-order valence-electron chi connectivity index (χ4n) is 2.02. The van der Waals surface area contributed by atoms with Crippen molar-refractivity contribution < 1.29 is 14.7 Å². The van der Waals surface area contributed by atoms with Crippen molar-refractivity contribution in [2.45, 2.75) is 47.1 Å². The van der Waals surface area contributed by atoms with Crippen LogP contribution in [0.2, 0.25) is 0 Å². The van der Waals surface area contributed by atoms with Crippen molar-refractivity contribution in [1.29, 1.82) is 0 Å². The average molecular weight is 306 g/mol. The van der Waals surface area contributed by atoms with Gasteiger partial charge in [0, 0.05) is 12.2 Å². The van der Waals surface area contributed by atoms with E-state index in [0.717, 1.165) is 11.1 Å². The molecule has 0 saturated heterocycles. The topological polar surface area (TPSA) is 78.4 Å². The van der Waals surface area contributed by atoms with Crippen LogP contribution in [-0.4, -0.2) is 29.6 Å². The molecule has 1 atom stereocenters. The highest BCUT2D eigenvalue weighted by molar-refractivity contribution is 6.39. The number of aliphatic hydroxyl groups is 1. The summed E-state index contributed by atoms with van der Waals surface area (Å²) in [4.78, 5) is 23.7. The molecular weight excluding hydrogens is 280 g/mol. The van der Waals surface area contributed by atoms with Gasteiger partial charge >= 0.3 is 11.8 Å². The maximum atomic E-state index is 11.9. The lowest BCUT2D eigenvalue weighted by molar-refractivity contribution is -0.136. The van der Waals surface area contributed by atoms with Crippen LogP contribution in [0.4, 0.5) is 5.69 Å². The molecule has 122 valence electrons. The Morgan fingerprint density at radius 1 is 1.14 bits per heavy atom. The lowest BCUT2D eigenvalue weighted by Gasteiger charge is -2.25. The second kappa shape index (κ2) is 7.40. The first-order chi connectivity index (χ1) is 10.1. The van der Waals surface area contributed by atoms with Gasteiger partial charge in [-0.15, -0.1) is 0 Å². The molecule has 0 saturated carbocycles. The van der Waals surface area contributed by atoms with Gasteiger partial charge in [0.25, 0.3) is 0 Å². The largest absolute Gasteiger partial charge is 0.393 e. The number of carbonyl (C=O) groups excluding carboxylic acids is 2. The summed E-state index contributed by atoms with van der Waals surface area (Å²) in [6.07, 6.45) is -0.124. The normalized spacial score (nSPS) is 12.6. The molecule has 5 nitrogen and oxygen atoms in total. The van der Waals surface area contributed by atoms with Crippen LogP contribution in [0.15, 0.2) is 18.2 Å². The van der Waals surface area contributed by atoms with Crippen molar-refractivity contribution in [1.82, 2.24) is 5.32 Å². The molecule has 1 aromatic rings. The zero-order valence-corrected chi connectivity index (χ0v) is 14.0. The number of para-hydroxylation sites is 1. The Kier molecular flexibility index (Phi) is 6.11. The van der Waals surface area contributed by atoms with Gasteiger partial charge in [-0.2, -0.15) is 0 Å². The van der Waals surface area contributed by atoms with Crippen molar-refractivity contribution in [2.75, 3.05) is 11.9 Å². The smallest absolute Gasteiger partial charge is 0.313 e. The minimum Gasteiger partial charge on any atom is -0.393 e. The molecule has 5 heteroatoms. The van der Waals surface area contributed by atoms with E-state index in [1.807, 2.05) is 52.8 Å². The molecule has 0 radical (unpaired) electrons. The summed E-state index contributed by atoms with van der Waals surface area (Å²) < 4.78 is 0. The van der Waals surface area contributed by atoms with Crippen LogP contribution in [0.5, 0.6) is 0 Å². The number of rotatable bonds is 4. The molecule has 0 aromatic heterocycles. The van der Waals surface area contributed by atoms with Gasteiger partial charge in [0.2, 0.25) is 0 Å². The monoisotopic (exact) mass is 306 g/mol. The zero-order chi connectivity index (χ0) is 16.9. The number of nitrogens with one attached hydrogen (secondary N) is 2. The minimum absolute atomic E-state index is 0.245. The molecule has 3 N–H and O–H groups in total. The highest BCUT2D eigenvalue weighted by Gasteiger charge is 2.22. The lowest BCUT2D eigenvalue weighted by atomic mass is 9.87. The Balaban J connectivity index is 2.51. The molecule has 0 heterocycles. The van der Waals surface area contributed by atoms with Crippen molar-refractivity contribution in [3.63, 3.8) is 0 Å². The molecule has 2 amide bonds. The maximum absolute atomic E-state index is 11.9. The van der Waals surface area contributed by atoms with Crippen LogP contribution in [-0.2, 0) is 9.59 Å². The van der Waals surface area contributed by atoms with Crippen LogP contribution in [0.3, 0.4) is 0 Å². The van der Waals surface area contributed by atoms with Crippen LogP contribution >= 0.6 is 0 Å². The number of carbonyl (C=O) groups is 2. The van der Waals surface area contributed by atoms with Crippen molar-refractivity contribution in [3.05, 3.63) is 29.3 Å². The van der Waals surface area contributed by atoms with E-state index >= 15 is 0 Å². The zero-order valence-electron chi connectivity index (χ0n) is 14.0. The Morgan fingerprint density at radius 2 is 1.68 bits per heavy atom. The number of hydrogen-bond acceptors (Lipinski definition) is 3. The van der Waals surface area contributed by atoms with Gasteiger partial charge in [-0.05, 0) is 36.8 Å². The predicted molar refractivity (Wildman–Crippen MR) is 87.6 cm³/mol. The number of amides is 2. The van der Waals surface area contributed by atoms with Gasteiger partial charge in [-0.1, -0.05) is 39.0 Å². The third-order valence-corrected chi connectivity index (χ3v) is 3.63. The summed E-state index contributed by atoms with van der Waals surface area (Å²) in [6, 6.07) is 5.65. The molecule has 0 bridgehead atoms. The molecule has 1 rings (SSSR count). The third-order valence-electron chi connectivity index (χ3n) is 3.63. The van der Waals surface area contributed by atoms with Crippen LogP contribution in [0.25, 0.3) is 0 Å². The van der Waals surface area contributed by atoms with Gasteiger partial charge in [-0.25, -0.2) is 0 Å². The minimum atomic E-state index is -0.692. The second-order valence-corrected chi connectivity index (χ2v) is 6.65. The third kappa shape index (κ3) is 5.15. The van der Waals surface area contributed by atoms with E-state index in [-0.39, 0.29) is 12.0 Å². The van der Waals surface area contributed by atoms with Crippen molar-refractivity contribution in [3.8, 4) is 0 Å². The predicted octanol–water partition coefficient (Wildman–Crippen LogP) is 2.16. The van der Waals surface area contributed by atoms with E-state index in [4.69, 9.17) is 0 Å². The molecule has 0 aliphatic heterocycles. The fraction of sp³-hybridized carbons (Fsp3) is 0.529. The standard InChI is InChI=1S/C17H26N2O3/c1-11-7-6-8-12(2)14(11)19-16(22)15(21)18-10-9-13(20)17(3,4)5/h6-8,13,20H,9-10H2,1-5H3,(H,18,21)(H,19,22). The summed E-state index contributed by atoms with van der Waals surface area (Å²) in [6.45, 7) is 9.78. The SMILES string of the molecule is Cc1cccc(C)c1NC(=O)C(=O)NCCC(O)C(C)(C)C. The van der Waals surface area contributed by atoms with Crippen LogP contribution < -0.4 is 10.6 Å². The second-order valence-electron chi connectivity index (χ2n) is 6.65. The Labute approximate surface area is 132 Å². The van der Waals surface area contributed by atoms with E-state index in [1.165, 1.54) is 0 Å². The van der Waals surface area contributed by atoms with Crippen LogP contribution in [0.1, 0.15) is 38.3 Å². The van der Waals surface area contributed by atoms with Gasteiger partial charge in [0.15, 0.2) is 0 Å². The molecule has 0 aliphatic carbocycles. The number of anilines is 1. The van der Waals surface area contributed by atoms with E-state index < -0.39 is 17.9 Å². The molecule has 1 aromatic carbocycles. The number of aryl methyl sites for hydroxylation is 2. The average Bonchev–Trinajstić information content (AvgIpc) is 2.41. The van der Waals surface area contributed by atoms with E-state index in [0.29, 0.717) is 12.1 Å². The number of hydrogen-bond donors (Lipinski definition) is 3. The van der Waals surface area contributed by atoms with Crippen LogP contribution in [0, 0.1) is 19.3 Å². The quantitative estimate of drug-likeness (QED) is 0.746. The molecule has 0 fully saturated rings. The lowest BCUT2D eigenvalue weighted by Crippen LogP contribution is -2.38. The van der Waals surface area contributed by atoms with Gasteiger partial charge in [0.1, 0.15) is 0 Å². The summed E-state index contributed by atoms with van der Waals surface area (Å²) in [5.41, 5.74) is 2.23. The highest BCUT2D eigenvalue weighted by Crippen LogP contribution is 2.21. The Bertz CT molecular complexity index is 527. The van der Waals surface area contributed by atoms with E-state index in [1.54, 1.807) is 0 Å². The molecule has 0 aliphatic rings. The number of benzene rings is 1. The summed E-state index contributed by atoms with van der Waals surface area (Å²) >= 11 is 0. The first-order valence-corrected chi connectivity index (χ1v) is 7.46. The van der Waals surface area contributed by atoms with Gasteiger partial charge in [-0.3, -0.25) is 9.59 Å². The van der Waals surface area contributed by atoms with Gasteiger partial charge < -0.3 is 15.7 Å². The van der Waals surface area contributed by atoms with Crippen molar-refractivity contribution in [2.24, 2.45) is 5.41 Å². The summed E-state index contributed by atoms with van der Waals surface area (Å²) in [5, 5.41) is 15.1. The molecule has 22 heavy (non-hydrogen) atoms. The Morgan fingerprint density at radius 3 is 2.18 bits per heavy atom. The van der Waals surface area contributed by atoms with Gasteiger partial charge in [0.05, 0.1) is 6.10 Å². The highest BCUT2D eigenvalue weighted by atomic mass is 16.3. The summed E-state index contributed by atoms with van der Waals surface area (Å²) in [7, 11) is 0. The summed E-state index contributed by atoms with van der Waals surface area (Å²) in [5.74, 6) is -1.38. The fourth-order valence-corrected chi connectivity index (χ4v) is 2.02. The molecular formula is C17H26N2O3. The van der Waals surface area contributed by atoms with Crippen molar-refractivity contribution >= 4 is 17.5 Å².